The predicted molar refractivity (Wildman–Crippen MR) is 70.3 cm³/mol. The molecule has 0 heterocycles. The van der Waals surface area contributed by atoms with Crippen LogP contribution in [0.25, 0.3) is 0 Å². The lowest BCUT2D eigenvalue weighted by Crippen LogP contribution is -2.15. The van der Waals surface area contributed by atoms with Crippen LogP contribution >= 0.6 is 27.7 Å². The third-order valence-corrected chi connectivity index (χ3v) is 2.91. The van der Waals surface area contributed by atoms with Crippen LogP contribution in [0.5, 0.6) is 0 Å². The van der Waals surface area contributed by atoms with Gasteiger partial charge in [0.05, 0.1) is 17.1 Å². The molecule has 0 radical (unpaired) electrons. The Morgan fingerprint density at radius 3 is 2.87 bits per heavy atom. The Morgan fingerprint density at radius 2 is 2.27 bits per heavy atom. The summed E-state index contributed by atoms with van der Waals surface area (Å²) in [5.41, 5.74) is 8.09. The van der Waals surface area contributed by atoms with Crippen molar-refractivity contribution in [1.82, 2.24) is 0 Å². The highest BCUT2D eigenvalue weighted by molar-refractivity contribution is 9.10. The highest BCUT2D eigenvalue weighted by Gasteiger charge is 2.07. The molecule has 0 saturated carbocycles. The molecule has 3 nitrogen and oxygen atoms in total. The van der Waals surface area contributed by atoms with E-state index in [0.29, 0.717) is 17.1 Å². The standard InChI is InChI=1S/C10H13BrN2OS/c1-6-3-7(11)4-8(10(6)12)13-9(14)5-15-2/h3-4H,5,12H2,1-2H3,(H,13,14). The Hall–Kier alpha value is -0.680. The van der Waals surface area contributed by atoms with Crippen LogP contribution in [-0.2, 0) is 4.79 Å². The molecule has 0 atom stereocenters. The summed E-state index contributed by atoms with van der Waals surface area (Å²) in [5.74, 6) is 0.400. The smallest absolute Gasteiger partial charge is 0.234 e. The van der Waals surface area contributed by atoms with Crippen molar-refractivity contribution >= 4 is 45.0 Å². The number of thioether (sulfide) groups is 1. The third-order valence-electron chi connectivity index (χ3n) is 1.90. The van der Waals surface area contributed by atoms with E-state index in [1.807, 2.05) is 19.2 Å². The number of carbonyl (C=O) groups excluding carboxylic acids is 1. The summed E-state index contributed by atoms with van der Waals surface area (Å²) < 4.78 is 0.911. The van der Waals surface area contributed by atoms with Crippen molar-refractivity contribution in [3.8, 4) is 0 Å². The number of halogens is 1. The van der Waals surface area contributed by atoms with Crippen LogP contribution < -0.4 is 11.1 Å². The second-order valence-corrected chi connectivity index (χ2v) is 4.95. The first-order valence-corrected chi connectivity index (χ1v) is 6.57. The largest absolute Gasteiger partial charge is 0.397 e. The number of hydrogen-bond donors (Lipinski definition) is 2. The number of anilines is 2. The van der Waals surface area contributed by atoms with Gasteiger partial charge in [0, 0.05) is 4.47 Å². The van der Waals surface area contributed by atoms with Crippen LogP contribution in [-0.4, -0.2) is 17.9 Å². The van der Waals surface area contributed by atoms with Crippen LogP contribution in [0.2, 0.25) is 0 Å². The number of rotatable bonds is 3. The minimum Gasteiger partial charge on any atom is -0.397 e. The predicted octanol–water partition coefficient (Wildman–Crippen LogP) is 2.64. The van der Waals surface area contributed by atoms with Gasteiger partial charge >= 0.3 is 0 Å². The molecule has 15 heavy (non-hydrogen) atoms. The maximum absolute atomic E-state index is 11.4. The molecule has 5 heteroatoms. The normalized spacial score (nSPS) is 10.1. The fourth-order valence-electron chi connectivity index (χ4n) is 1.18. The lowest BCUT2D eigenvalue weighted by Gasteiger charge is -2.10. The summed E-state index contributed by atoms with van der Waals surface area (Å²) in [6.07, 6.45) is 1.88. The zero-order chi connectivity index (χ0) is 11.4. The molecule has 0 aliphatic carbocycles. The maximum atomic E-state index is 11.4. The summed E-state index contributed by atoms with van der Waals surface area (Å²) in [6, 6.07) is 3.72. The van der Waals surface area contributed by atoms with E-state index in [1.54, 1.807) is 6.07 Å². The molecule has 0 saturated heterocycles. The molecule has 0 unspecified atom stereocenters. The van der Waals surface area contributed by atoms with Gasteiger partial charge in [-0.3, -0.25) is 4.79 Å². The number of benzene rings is 1. The summed E-state index contributed by atoms with van der Waals surface area (Å²) in [4.78, 5) is 11.4. The van der Waals surface area contributed by atoms with Crippen molar-refractivity contribution in [3.05, 3.63) is 22.2 Å². The third kappa shape index (κ3) is 3.43. The highest BCUT2D eigenvalue weighted by atomic mass is 79.9. The summed E-state index contributed by atoms with van der Waals surface area (Å²) in [5, 5.41) is 2.78. The first-order valence-electron chi connectivity index (χ1n) is 4.39. The van der Waals surface area contributed by atoms with Crippen LogP contribution in [0.4, 0.5) is 11.4 Å². The minimum absolute atomic E-state index is 0.0355. The van der Waals surface area contributed by atoms with E-state index in [-0.39, 0.29) is 5.91 Å². The molecule has 0 aliphatic rings. The van der Waals surface area contributed by atoms with Crippen LogP contribution in [0, 0.1) is 6.92 Å². The summed E-state index contributed by atoms with van der Waals surface area (Å²) in [7, 11) is 0. The van der Waals surface area contributed by atoms with Crippen molar-refractivity contribution in [2.45, 2.75) is 6.92 Å². The van der Waals surface area contributed by atoms with Gasteiger partial charge in [-0.05, 0) is 30.9 Å². The first-order chi connectivity index (χ1) is 7.04. The summed E-state index contributed by atoms with van der Waals surface area (Å²) >= 11 is 4.84. The molecule has 3 N–H and O–H groups in total. The lowest BCUT2D eigenvalue weighted by atomic mass is 10.2. The number of hydrogen-bond acceptors (Lipinski definition) is 3. The second-order valence-electron chi connectivity index (χ2n) is 3.17. The van der Waals surface area contributed by atoms with Gasteiger partial charge < -0.3 is 11.1 Å². The average Bonchev–Trinajstić information content (AvgIpc) is 2.13. The molecule has 0 fully saturated rings. The SMILES string of the molecule is CSCC(=O)Nc1cc(Br)cc(C)c1N. The van der Waals surface area contributed by atoms with E-state index in [1.165, 1.54) is 11.8 Å². The van der Waals surface area contributed by atoms with Crippen molar-refractivity contribution in [1.29, 1.82) is 0 Å². The number of nitrogens with two attached hydrogens (primary N) is 1. The Balaban J connectivity index is 2.89. The molecule has 0 aromatic heterocycles. The van der Waals surface area contributed by atoms with Gasteiger partial charge in [-0.2, -0.15) is 11.8 Å². The maximum Gasteiger partial charge on any atom is 0.234 e. The van der Waals surface area contributed by atoms with Gasteiger partial charge in [-0.15, -0.1) is 0 Å². The fourth-order valence-corrected chi connectivity index (χ4v) is 2.08. The van der Waals surface area contributed by atoms with Gasteiger partial charge in [0.25, 0.3) is 0 Å². The van der Waals surface area contributed by atoms with Gasteiger partial charge in [-0.1, -0.05) is 15.9 Å². The number of carbonyl (C=O) groups is 1. The van der Waals surface area contributed by atoms with Gasteiger partial charge in [0.1, 0.15) is 0 Å². The van der Waals surface area contributed by atoms with Gasteiger partial charge in [0.2, 0.25) is 5.91 Å². The monoisotopic (exact) mass is 288 g/mol. The zero-order valence-corrected chi connectivity index (χ0v) is 11.0. The van der Waals surface area contributed by atoms with Crippen molar-refractivity contribution in [2.24, 2.45) is 0 Å². The van der Waals surface area contributed by atoms with Gasteiger partial charge in [0.15, 0.2) is 0 Å². The number of aryl methyl sites for hydroxylation is 1. The molecule has 82 valence electrons. The Morgan fingerprint density at radius 1 is 1.60 bits per heavy atom. The molecule has 0 aliphatic heterocycles. The second kappa shape index (κ2) is 5.42. The topological polar surface area (TPSA) is 55.1 Å². The average molecular weight is 289 g/mol. The molecular formula is C10H13BrN2OS. The van der Waals surface area contributed by atoms with Crippen molar-refractivity contribution in [3.63, 3.8) is 0 Å². The molecule has 1 rings (SSSR count). The van der Waals surface area contributed by atoms with E-state index in [9.17, 15) is 4.79 Å². The van der Waals surface area contributed by atoms with E-state index in [2.05, 4.69) is 21.2 Å². The molecule has 1 aromatic carbocycles. The van der Waals surface area contributed by atoms with Crippen LogP contribution in [0.15, 0.2) is 16.6 Å². The minimum atomic E-state index is -0.0355. The van der Waals surface area contributed by atoms with Crippen LogP contribution in [0.1, 0.15) is 5.56 Å². The number of nitrogen functional groups attached to an aromatic ring is 1. The molecule has 0 bridgehead atoms. The Kier molecular flexibility index (Phi) is 4.47. The highest BCUT2D eigenvalue weighted by Crippen LogP contribution is 2.27. The molecule has 1 amide bonds. The van der Waals surface area contributed by atoms with E-state index >= 15 is 0 Å². The van der Waals surface area contributed by atoms with Gasteiger partial charge in [-0.25, -0.2) is 0 Å². The quantitative estimate of drug-likeness (QED) is 0.841. The summed E-state index contributed by atoms with van der Waals surface area (Å²) in [6.45, 7) is 1.91. The van der Waals surface area contributed by atoms with E-state index in [4.69, 9.17) is 5.73 Å². The molecule has 0 spiro atoms. The zero-order valence-electron chi connectivity index (χ0n) is 8.63. The fraction of sp³-hybridized carbons (Fsp3) is 0.300. The van der Waals surface area contributed by atoms with Crippen molar-refractivity contribution < 1.29 is 4.79 Å². The number of nitrogens with one attached hydrogen (secondary N) is 1. The van der Waals surface area contributed by atoms with E-state index < -0.39 is 0 Å². The first kappa shape index (κ1) is 12.4. The Labute approximate surface area is 102 Å². The van der Waals surface area contributed by atoms with Crippen molar-refractivity contribution in [2.75, 3.05) is 23.1 Å². The van der Waals surface area contributed by atoms with E-state index in [0.717, 1.165) is 10.0 Å². The van der Waals surface area contributed by atoms with Crippen LogP contribution in [0.3, 0.4) is 0 Å². The lowest BCUT2D eigenvalue weighted by molar-refractivity contribution is -0.113. The Bertz CT molecular complexity index is 382. The molecule has 1 aromatic rings. The number of amides is 1. The molecular weight excluding hydrogens is 276 g/mol.